The minimum atomic E-state index is -1.60. The van der Waals surface area contributed by atoms with Crippen LogP contribution in [0, 0.1) is 46.3 Å². The molecule has 4 aliphatic carbocycles. The lowest BCUT2D eigenvalue weighted by molar-refractivity contribution is -0.362. The van der Waals surface area contributed by atoms with Gasteiger partial charge in [0.2, 0.25) is 0 Å². The standard InChI is InChI=1S/C38H60O12/c1-17-8-11-38(46-15-17)18(2)28-26(50-38)14-24-22-7-6-20-12-21(39)13-27(37(20,5)23(22)9-10-36(24,28)4)48-35-33(30(42)25(40)16-45-35)49-34-32(44)31(43)29(41)19(3)47-34/h6,17-19,21-35,39-44H,7-16H2,1-5H3/t17?,18-,19?,21+,22?,23?,24?,25?,26?,27+,28?,29?,30?,31?,32?,33?,34-,35?,36-,37-,38+/m0/s1. The molecule has 6 N–H and O–H groups in total. The van der Waals surface area contributed by atoms with Crippen LogP contribution in [0.5, 0.6) is 0 Å². The predicted molar refractivity (Wildman–Crippen MR) is 177 cm³/mol. The highest BCUT2D eigenvalue weighted by atomic mass is 16.8. The lowest BCUT2D eigenvalue weighted by atomic mass is 9.46. The van der Waals surface area contributed by atoms with E-state index in [9.17, 15) is 30.6 Å². The van der Waals surface area contributed by atoms with Crippen molar-refractivity contribution >= 4 is 0 Å². The molecule has 4 aliphatic heterocycles. The third-order valence-corrected chi connectivity index (χ3v) is 15.2. The van der Waals surface area contributed by atoms with Gasteiger partial charge in [-0.15, -0.1) is 0 Å². The van der Waals surface area contributed by atoms with E-state index in [0.717, 1.165) is 45.1 Å². The van der Waals surface area contributed by atoms with Crippen molar-refractivity contribution < 1.29 is 59.1 Å². The van der Waals surface area contributed by atoms with E-state index in [0.29, 0.717) is 48.3 Å². The van der Waals surface area contributed by atoms with E-state index in [1.54, 1.807) is 6.92 Å². The number of aliphatic hydroxyl groups is 6. The molecule has 8 rings (SSSR count). The molecule has 14 unspecified atom stereocenters. The summed E-state index contributed by atoms with van der Waals surface area (Å²) in [6.45, 7) is 11.5. The Morgan fingerprint density at radius 1 is 0.820 bits per heavy atom. The Labute approximate surface area is 295 Å². The molecule has 0 amide bonds. The summed E-state index contributed by atoms with van der Waals surface area (Å²) in [5.74, 6) is 2.08. The first-order valence-corrected chi connectivity index (χ1v) is 19.4. The lowest BCUT2D eigenvalue weighted by Crippen LogP contribution is -2.63. The summed E-state index contributed by atoms with van der Waals surface area (Å²) in [4.78, 5) is 0. The number of hydrogen-bond donors (Lipinski definition) is 6. The third kappa shape index (κ3) is 5.45. The van der Waals surface area contributed by atoms with Crippen LogP contribution in [-0.2, 0) is 28.4 Å². The fourth-order valence-corrected chi connectivity index (χ4v) is 12.4. The van der Waals surface area contributed by atoms with Gasteiger partial charge < -0.3 is 59.1 Å². The summed E-state index contributed by atoms with van der Waals surface area (Å²) >= 11 is 0. The van der Waals surface area contributed by atoms with Crippen LogP contribution in [0.15, 0.2) is 11.6 Å². The van der Waals surface area contributed by atoms with Gasteiger partial charge in [-0.05, 0) is 80.5 Å². The quantitative estimate of drug-likeness (QED) is 0.235. The van der Waals surface area contributed by atoms with Gasteiger partial charge in [-0.3, -0.25) is 0 Å². The molecular formula is C38H60O12. The Bertz CT molecular complexity index is 1290. The summed E-state index contributed by atoms with van der Waals surface area (Å²) in [6, 6.07) is 0. The second-order valence-corrected chi connectivity index (χ2v) is 17.9. The highest BCUT2D eigenvalue weighted by molar-refractivity contribution is 5.28. The van der Waals surface area contributed by atoms with Crippen molar-refractivity contribution in [3.05, 3.63) is 11.6 Å². The zero-order valence-corrected chi connectivity index (χ0v) is 30.2. The zero-order chi connectivity index (χ0) is 35.5. The van der Waals surface area contributed by atoms with Crippen molar-refractivity contribution in [2.24, 2.45) is 46.3 Å². The number of rotatable bonds is 4. The molecule has 0 radical (unpaired) electrons. The van der Waals surface area contributed by atoms with Crippen molar-refractivity contribution in [2.45, 2.75) is 165 Å². The van der Waals surface area contributed by atoms with Gasteiger partial charge in [0, 0.05) is 24.2 Å². The fourth-order valence-electron chi connectivity index (χ4n) is 12.4. The lowest BCUT2D eigenvalue weighted by Gasteiger charge is -2.60. The first-order chi connectivity index (χ1) is 23.7. The normalized spacial score (nSPS) is 59.3. The Kier molecular flexibility index (Phi) is 9.38. The summed E-state index contributed by atoms with van der Waals surface area (Å²) in [6.07, 6.45) is -3.26. The van der Waals surface area contributed by atoms with Crippen LogP contribution in [0.4, 0.5) is 0 Å². The maximum absolute atomic E-state index is 11.1. The van der Waals surface area contributed by atoms with E-state index >= 15 is 0 Å². The smallest absolute Gasteiger partial charge is 0.187 e. The number of allylic oxidation sites excluding steroid dienone is 1. The zero-order valence-electron chi connectivity index (χ0n) is 30.2. The molecule has 1 spiro atoms. The van der Waals surface area contributed by atoms with Crippen LogP contribution < -0.4 is 0 Å². The van der Waals surface area contributed by atoms with E-state index in [1.807, 2.05) is 0 Å². The van der Waals surface area contributed by atoms with Gasteiger partial charge in [-0.2, -0.15) is 0 Å². The first kappa shape index (κ1) is 36.2. The van der Waals surface area contributed by atoms with Gasteiger partial charge in [0.05, 0.1) is 37.6 Å². The fraction of sp³-hybridized carbons (Fsp3) is 0.947. The van der Waals surface area contributed by atoms with Gasteiger partial charge in [0.25, 0.3) is 0 Å². The van der Waals surface area contributed by atoms with E-state index in [1.165, 1.54) is 5.57 Å². The number of aliphatic hydroxyl groups excluding tert-OH is 6. The molecule has 4 heterocycles. The topological polar surface area (TPSA) is 177 Å². The molecule has 50 heavy (non-hydrogen) atoms. The summed E-state index contributed by atoms with van der Waals surface area (Å²) in [5.41, 5.74) is 0.917. The number of hydrogen-bond acceptors (Lipinski definition) is 12. The molecule has 21 atom stereocenters. The Hall–Kier alpha value is -0.740. The Balaban J connectivity index is 1.04. The average molecular weight is 709 g/mol. The highest BCUT2D eigenvalue weighted by Gasteiger charge is 2.69. The SMILES string of the molecule is CC1CC[C@@]2(OC1)OC1CC3C4CC=C5C[C@@H](O)C[C@@H](OC6OCC(O)C(O)C6O[C@@H]6OC(C)C(O)C(O)C6O)[C@]5(C)C4CC[C@]3(C)C1[C@@H]2C. The van der Waals surface area contributed by atoms with Crippen molar-refractivity contribution in [3.8, 4) is 0 Å². The molecule has 12 nitrogen and oxygen atoms in total. The van der Waals surface area contributed by atoms with E-state index in [4.69, 9.17) is 28.4 Å². The minimum absolute atomic E-state index is 0.134. The van der Waals surface area contributed by atoms with Crippen LogP contribution in [0.25, 0.3) is 0 Å². The highest BCUT2D eigenvalue weighted by Crippen LogP contribution is 2.71. The van der Waals surface area contributed by atoms with Crippen LogP contribution in [0.2, 0.25) is 0 Å². The number of fused-ring (bicyclic) bond motifs is 7. The average Bonchev–Trinajstić information content (AvgIpc) is 3.53. The van der Waals surface area contributed by atoms with Gasteiger partial charge in [0.15, 0.2) is 18.4 Å². The van der Waals surface area contributed by atoms with Gasteiger partial charge >= 0.3 is 0 Å². The molecule has 8 aliphatic rings. The van der Waals surface area contributed by atoms with Gasteiger partial charge in [-0.25, -0.2) is 0 Å². The summed E-state index contributed by atoms with van der Waals surface area (Å²) < 4.78 is 38.0. The second-order valence-electron chi connectivity index (χ2n) is 17.9. The molecule has 12 heteroatoms. The molecule has 284 valence electrons. The van der Waals surface area contributed by atoms with Crippen molar-refractivity contribution in [1.82, 2.24) is 0 Å². The first-order valence-electron chi connectivity index (χ1n) is 19.4. The van der Waals surface area contributed by atoms with Crippen LogP contribution in [0.3, 0.4) is 0 Å². The van der Waals surface area contributed by atoms with Crippen molar-refractivity contribution in [1.29, 1.82) is 0 Å². The Morgan fingerprint density at radius 3 is 2.34 bits per heavy atom. The molecule has 0 aromatic heterocycles. The van der Waals surface area contributed by atoms with Crippen molar-refractivity contribution in [2.75, 3.05) is 13.2 Å². The maximum Gasteiger partial charge on any atom is 0.187 e. The molecule has 0 aromatic carbocycles. The van der Waals surface area contributed by atoms with Gasteiger partial charge in [-0.1, -0.05) is 39.3 Å². The molecular weight excluding hydrogens is 648 g/mol. The Morgan fingerprint density at radius 2 is 1.60 bits per heavy atom. The molecule has 4 saturated heterocycles. The summed E-state index contributed by atoms with van der Waals surface area (Å²) in [5, 5.41) is 64.1. The molecule has 0 aromatic rings. The molecule has 0 bridgehead atoms. The summed E-state index contributed by atoms with van der Waals surface area (Å²) in [7, 11) is 0. The third-order valence-electron chi connectivity index (χ3n) is 15.2. The van der Waals surface area contributed by atoms with E-state index in [-0.39, 0.29) is 18.1 Å². The maximum atomic E-state index is 11.1. The van der Waals surface area contributed by atoms with E-state index < -0.39 is 78.7 Å². The van der Waals surface area contributed by atoms with Crippen LogP contribution >= 0.6 is 0 Å². The second kappa shape index (κ2) is 12.9. The van der Waals surface area contributed by atoms with E-state index in [2.05, 4.69) is 33.8 Å². The predicted octanol–water partition coefficient (Wildman–Crippen LogP) is 2.00. The minimum Gasteiger partial charge on any atom is -0.393 e. The van der Waals surface area contributed by atoms with Gasteiger partial charge in [0.1, 0.15) is 36.6 Å². The molecule has 3 saturated carbocycles. The largest absolute Gasteiger partial charge is 0.393 e. The molecule has 7 fully saturated rings. The number of ether oxygens (including phenoxy) is 6. The van der Waals surface area contributed by atoms with Crippen molar-refractivity contribution in [3.63, 3.8) is 0 Å². The van der Waals surface area contributed by atoms with Crippen LogP contribution in [-0.4, -0.2) is 123 Å². The van der Waals surface area contributed by atoms with Crippen LogP contribution in [0.1, 0.15) is 86.0 Å². The monoisotopic (exact) mass is 708 g/mol.